The minimum absolute atomic E-state index is 0.540. The molecule has 4 nitrogen and oxygen atoms in total. The minimum Gasteiger partial charge on any atom is -0.380 e. The molecule has 0 spiro atoms. The largest absolute Gasteiger partial charge is 0.380 e. The Kier molecular flexibility index (Phi) is 3.71. The van der Waals surface area contributed by atoms with Gasteiger partial charge in [-0.1, -0.05) is 17.7 Å². The fraction of sp³-hybridized carbons (Fsp3) is 0.143. The Morgan fingerprint density at radius 3 is 3.05 bits per heavy atom. The van der Waals surface area contributed by atoms with Gasteiger partial charge in [-0.05, 0) is 30.0 Å². The molecule has 0 bridgehead atoms. The van der Waals surface area contributed by atoms with E-state index in [2.05, 4.69) is 31.9 Å². The zero-order valence-corrected chi connectivity index (χ0v) is 12.4. The highest BCUT2D eigenvalue weighted by molar-refractivity contribution is 7.13. The van der Waals surface area contributed by atoms with Crippen LogP contribution in [0, 0.1) is 6.92 Å². The molecule has 0 saturated heterocycles. The normalized spacial score (nSPS) is 10.7. The van der Waals surface area contributed by atoms with Crippen LogP contribution in [0.5, 0.6) is 0 Å². The van der Waals surface area contributed by atoms with Gasteiger partial charge >= 0.3 is 0 Å². The predicted octanol–water partition coefficient (Wildman–Crippen LogP) is 4.11. The Morgan fingerprint density at radius 1 is 1.40 bits per heavy atom. The molecule has 0 atom stereocenters. The molecule has 2 N–H and O–H groups in total. The van der Waals surface area contributed by atoms with Gasteiger partial charge in [0.25, 0.3) is 0 Å². The van der Waals surface area contributed by atoms with Crippen LogP contribution < -0.4 is 5.32 Å². The van der Waals surface area contributed by atoms with E-state index in [-0.39, 0.29) is 0 Å². The number of hydrogen-bond donors (Lipinski definition) is 2. The molecular weight excluding hydrogens is 292 g/mol. The number of aryl methyl sites for hydroxylation is 1. The van der Waals surface area contributed by atoms with E-state index in [1.807, 2.05) is 25.3 Å². The lowest BCUT2D eigenvalue weighted by atomic mass is 10.2. The third-order valence-corrected chi connectivity index (χ3v) is 4.27. The van der Waals surface area contributed by atoms with Crippen LogP contribution in [-0.4, -0.2) is 15.2 Å². The summed E-state index contributed by atoms with van der Waals surface area (Å²) >= 11 is 7.61. The molecule has 3 aromatic heterocycles. The number of nitrogens with one attached hydrogen (secondary N) is 2. The summed E-state index contributed by atoms with van der Waals surface area (Å²) < 4.78 is 0. The minimum atomic E-state index is 0.540. The molecule has 20 heavy (non-hydrogen) atoms. The van der Waals surface area contributed by atoms with Crippen LogP contribution in [0.15, 0.2) is 36.0 Å². The van der Waals surface area contributed by atoms with Crippen molar-refractivity contribution in [2.75, 3.05) is 5.32 Å². The summed E-state index contributed by atoms with van der Waals surface area (Å²) in [6.45, 7) is 2.63. The maximum Gasteiger partial charge on any atom is 0.132 e. The van der Waals surface area contributed by atoms with Gasteiger partial charge in [-0.15, -0.1) is 11.3 Å². The third-order valence-electron chi connectivity index (χ3n) is 2.98. The first-order valence-electron chi connectivity index (χ1n) is 6.16. The molecule has 0 saturated carbocycles. The molecule has 3 aromatic rings. The van der Waals surface area contributed by atoms with Crippen molar-refractivity contribution in [2.24, 2.45) is 0 Å². The maximum atomic E-state index is 5.92. The number of aromatic amines is 1. The molecule has 102 valence electrons. The van der Waals surface area contributed by atoms with Gasteiger partial charge in [0.1, 0.15) is 5.15 Å². The number of H-pyrrole nitrogens is 1. The highest BCUT2D eigenvalue weighted by atomic mass is 35.5. The van der Waals surface area contributed by atoms with Crippen molar-refractivity contribution in [1.29, 1.82) is 0 Å². The molecule has 0 aliphatic rings. The molecular formula is C14H13ClN4S. The second kappa shape index (κ2) is 5.64. The summed E-state index contributed by atoms with van der Waals surface area (Å²) in [4.78, 5) is 5.32. The number of thiophene rings is 1. The van der Waals surface area contributed by atoms with Gasteiger partial charge in [-0.3, -0.25) is 5.10 Å². The number of aromatic nitrogens is 3. The maximum absolute atomic E-state index is 5.92. The van der Waals surface area contributed by atoms with Gasteiger partial charge < -0.3 is 5.32 Å². The van der Waals surface area contributed by atoms with Gasteiger partial charge in [-0.2, -0.15) is 5.10 Å². The van der Waals surface area contributed by atoms with E-state index in [0.29, 0.717) is 11.7 Å². The van der Waals surface area contributed by atoms with Crippen molar-refractivity contribution < 1.29 is 0 Å². The zero-order valence-electron chi connectivity index (χ0n) is 10.9. The molecule has 0 aliphatic carbocycles. The summed E-state index contributed by atoms with van der Waals surface area (Å²) in [5, 5.41) is 13.1. The Morgan fingerprint density at radius 2 is 2.30 bits per heavy atom. The number of hydrogen-bond acceptors (Lipinski definition) is 4. The summed E-state index contributed by atoms with van der Waals surface area (Å²) in [6, 6.07) is 6.10. The van der Waals surface area contributed by atoms with E-state index in [1.54, 1.807) is 17.5 Å². The second-order valence-corrected chi connectivity index (χ2v) is 5.74. The van der Waals surface area contributed by atoms with Crippen LogP contribution in [0.4, 0.5) is 5.69 Å². The summed E-state index contributed by atoms with van der Waals surface area (Å²) in [5.74, 6) is 0. The average Bonchev–Trinajstić information content (AvgIpc) is 3.09. The average molecular weight is 305 g/mol. The predicted molar refractivity (Wildman–Crippen MR) is 83.2 cm³/mol. The smallest absolute Gasteiger partial charge is 0.132 e. The number of halogens is 1. The van der Waals surface area contributed by atoms with Gasteiger partial charge in [0.05, 0.1) is 28.7 Å². The fourth-order valence-electron chi connectivity index (χ4n) is 1.93. The third kappa shape index (κ3) is 2.69. The summed E-state index contributed by atoms with van der Waals surface area (Å²) in [7, 11) is 0. The number of nitrogens with zero attached hydrogens (tertiary/aromatic N) is 2. The van der Waals surface area contributed by atoms with Crippen molar-refractivity contribution in [3.8, 4) is 10.6 Å². The van der Waals surface area contributed by atoms with Crippen LogP contribution >= 0.6 is 22.9 Å². The molecule has 0 radical (unpaired) electrons. The Hall–Kier alpha value is -1.85. The van der Waals surface area contributed by atoms with E-state index in [1.165, 1.54) is 4.88 Å². The topological polar surface area (TPSA) is 53.6 Å². The first kappa shape index (κ1) is 13.1. The lowest BCUT2D eigenvalue weighted by Crippen LogP contribution is -2.00. The quantitative estimate of drug-likeness (QED) is 0.713. The van der Waals surface area contributed by atoms with Gasteiger partial charge in [-0.25, -0.2) is 4.98 Å². The molecule has 6 heteroatoms. The van der Waals surface area contributed by atoms with Crippen molar-refractivity contribution in [1.82, 2.24) is 15.2 Å². The van der Waals surface area contributed by atoms with Gasteiger partial charge in [0.15, 0.2) is 0 Å². The number of anilines is 1. The van der Waals surface area contributed by atoms with Crippen LogP contribution in [0.25, 0.3) is 10.6 Å². The summed E-state index contributed by atoms with van der Waals surface area (Å²) in [5.41, 5.74) is 4.10. The highest BCUT2D eigenvalue weighted by Crippen LogP contribution is 2.26. The Bertz CT molecular complexity index is 706. The first-order chi connectivity index (χ1) is 9.74. The van der Waals surface area contributed by atoms with Crippen molar-refractivity contribution in [2.45, 2.75) is 13.5 Å². The molecule has 0 aliphatic heterocycles. The standard InChI is InChI=1S/C14H13ClN4S/c1-9-5-11(8-17-14(9)15)16-6-10-7-18-19-13(10)12-3-2-4-20-12/h2-5,7-8,16H,6H2,1H3,(H,18,19). The highest BCUT2D eigenvalue weighted by Gasteiger charge is 2.08. The van der Waals surface area contributed by atoms with Crippen LogP contribution in [-0.2, 0) is 6.54 Å². The van der Waals surface area contributed by atoms with E-state index in [9.17, 15) is 0 Å². The van der Waals surface area contributed by atoms with E-state index in [0.717, 1.165) is 22.5 Å². The van der Waals surface area contributed by atoms with Gasteiger partial charge in [0, 0.05) is 12.1 Å². The van der Waals surface area contributed by atoms with E-state index < -0.39 is 0 Å². The van der Waals surface area contributed by atoms with E-state index in [4.69, 9.17) is 11.6 Å². The SMILES string of the molecule is Cc1cc(NCc2cn[nH]c2-c2cccs2)cnc1Cl. The van der Waals surface area contributed by atoms with Crippen molar-refractivity contribution >= 4 is 28.6 Å². The molecule has 3 heterocycles. The Balaban J connectivity index is 1.76. The van der Waals surface area contributed by atoms with Crippen LogP contribution in [0.3, 0.4) is 0 Å². The fourth-order valence-corrected chi connectivity index (χ4v) is 2.79. The van der Waals surface area contributed by atoms with Crippen LogP contribution in [0.1, 0.15) is 11.1 Å². The number of pyridine rings is 1. The monoisotopic (exact) mass is 304 g/mol. The van der Waals surface area contributed by atoms with Crippen molar-refractivity contribution in [3.05, 3.63) is 52.3 Å². The lowest BCUT2D eigenvalue weighted by Gasteiger charge is -2.07. The first-order valence-corrected chi connectivity index (χ1v) is 7.42. The lowest BCUT2D eigenvalue weighted by molar-refractivity contribution is 1.10. The van der Waals surface area contributed by atoms with E-state index >= 15 is 0 Å². The molecule has 3 rings (SSSR count). The molecule has 0 unspecified atom stereocenters. The summed E-state index contributed by atoms with van der Waals surface area (Å²) in [6.07, 6.45) is 3.58. The molecule has 0 fully saturated rings. The van der Waals surface area contributed by atoms with Crippen LogP contribution in [0.2, 0.25) is 5.15 Å². The molecule has 0 amide bonds. The van der Waals surface area contributed by atoms with Gasteiger partial charge in [0.2, 0.25) is 0 Å². The number of rotatable bonds is 4. The molecule has 0 aromatic carbocycles. The Labute approximate surface area is 125 Å². The second-order valence-electron chi connectivity index (χ2n) is 4.43. The zero-order chi connectivity index (χ0) is 13.9. The van der Waals surface area contributed by atoms with Crippen molar-refractivity contribution in [3.63, 3.8) is 0 Å².